The standard InChI is InChI=1S/C9H16N2/c1-4-6-9(2)11-8-5-7-10-3/h5,8H,3-4,6-7H2,1-2H3/b8-5-,11-9?. The highest BCUT2D eigenvalue weighted by molar-refractivity contribution is 5.82. The maximum absolute atomic E-state index is 4.20. The fourth-order valence-corrected chi connectivity index (χ4v) is 0.728. The minimum absolute atomic E-state index is 0.656. The van der Waals surface area contributed by atoms with Gasteiger partial charge in [-0.05, 0) is 26.1 Å². The van der Waals surface area contributed by atoms with Gasteiger partial charge in [0.2, 0.25) is 0 Å². The van der Waals surface area contributed by atoms with E-state index in [0.717, 1.165) is 12.8 Å². The van der Waals surface area contributed by atoms with E-state index in [2.05, 4.69) is 23.6 Å². The molecule has 0 aliphatic carbocycles. The lowest BCUT2D eigenvalue weighted by molar-refractivity contribution is 0.987. The van der Waals surface area contributed by atoms with Gasteiger partial charge in [0.1, 0.15) is 0 Å². The molecule has 0 aromatic heterocycles. The second kappa shape index (κ2) is 7.19. The molecule has 0 bridgehead atoms. The van der Waals surface area contributed by atoms with Crippen molar-refractivity contribution in [1.29, 1.82) is 0 Å². The maximum atomic E-state index is 4.20. The average Bonchev–Trinajstić information content (AvgIpc) is 1.99. The van der Waals surface area contributed by atoms with Crippen LogP contribution in [-0.2, 0) is 0 Å². The molecule has 0 atom stereocenters. The van der Waals surface area contributed by atoms with Gasteiger partial charge in [0.15, 0.2) is 0 Å². The van der Waals surface area contributed by atoms with Crippen molar-refractivity contribution in [2.75, 3.05) is 6.54 Å². The topological polar surface area (TPSA) is 24.7 Å². The van der Waals surface area contributed by atoms with Crippen molar-refractivity contribution >= 4 is 12.4 Å². The summed E-state index contributed by atoms with van der Waals surface area (Å²) in [6, 6.07) is 0. The number of hydrogen-bond donors (Lipinski definition) is 0. The molecule has 0 aromatic carbocycles. The predicted molar refractivity (Wildman–Crippen MR) is 51.6 cm³/mol. The fraction of sp³-hybridized carbons (Fsp3) is 0.556. The predicted octanol–water partition coefficient (Wildman–Crippen LogP) is 2.46. The van der Waals surface area contributed by atoms with Gasteiger partial charge < -0.3 is 0 Å². The molecule has 0 saturated carbocycles. The highest BCUT2D eigenvalue weighted by Gasteiger charge is 1.83. The molecule has 0 aromatic rings. The molecule has 0 rings (SSSR count). The normalized spacial score (nSPS) is 12.4. The molecule has 62 valence electrons. The number of aliphatic imine (C=N–C) groups is 2. The Morgan fingerprint density at radius 3 is 2.82 bits per heavy atom. The molecule has 0 unspecified atom stereocenters. The van der Waals surface area contributed by atoms with Crippen molar-refractivity contribution in [3.05, 3.63) is 12.3 Å². The van der Waals surface area contributed by atoms with E-state index in [1.165, 1.54) is 5.71 Å². The van der Waals surface area contributed by atoms with Crippen LogP contribution >= 0.6 is 0 Å². The van der Waals surface area contributed by atoms with Crippen molar-refractivity contribution in [2.45, 2.75) is 26.7 Å². The highest BCUT2D eigenvalue weighted by Crippen LogP contribution is 1.91. The maximum Gasteiger partial charge on any atom is 0.0580 e. The van der Waals surface area contributed by atoms with Gasteiger partial charge in [-0.15, -0.1) is 0 Å². The molecule has 0 aliphatic rings. The van der Waals surface area contributed by atoms with Crippen LogP contribution in [0.25, 0.3) is 0 Å². The van der Waals surface area contributed by atoms with Gasteiger partial charge in [0.05, 0.1) is 6.54 Å². The van der Waals surface area contributed by atoms with Crippen molar-refractivity contribution in [3.63, 3.8) is 0 Å². The lowest BCUT2D eigenvalue weighted by Gasteiger charge is -1.91. The Morgan fingerprint density at radius 2 is 2.27 bits per heavy atom. The Morgan fingerprint density at radius 1 is 1.55 bits per heavy atom. The zero-order chi connectivity index (χ0) is 8.53. The molecule has 0 amide bonds. The van der Waals surface area contributed by atoms with Crippen molar-refractivity contribution in [3.8, 4) is 0 Å². The van der Waals surface area contributed by atoms with Gasteiger partial charge in [-0.3, -0.25) is 9.98 Å². The highest BCUT2D eigenvalue weighted by atomic mass is 14.7. The first-order valence-corrected chi connectivity index (χ1v) is 3.92. The molecule has 0 saturated heterocycles. The first-order valence-electron chi connectivity index (χ1n) is 3.92. The van der Waals surface area contributed by atoms with Crippen LogP contribution in [-0.4, -0.2) is 19.0 Å². The third-order valence-corrected chi connectivity index (χ3v) is 1.25. The Labute approximate surface area is 68.8 Å². The molecular formula is C9H16N2. The van der Waals surface area contributed by atoms with Crippen molar-refractivity contribution < 1.29 is 0 Å². The van der Waals surface area contributed by atoms with Gasteiger partial charge >= 0.3 is 0 Å². The summed E-state index contributed by atoms with van der Waals surface area (Å²) < 4.78 is 0. The summed E-state index contributed by atoms with van der Waals surface area (Å²) in [7, 11) is 0. The molecule has 0 spiro atoms. The van der Waals surface area contributed by atoms with E-state index in [4.69, 9.17) is 0 Å². The molecule has 0 aliphatic heterocycles. The third-order valence-electron chi connectivity index (χ3n) is 1.25. The first kappa shape index (κ1) is 10.1. The Hall–Kier alpha value is -0.920. The van der Waals surface area contributed by atoms with E-state index in [9.17, 15) is 0 Å². The largest absolute Gasteiger partial charge is 0.297 e. The van der Waals surface area contributed by atoms with Crippen molar-refractivity contribution in [2.24, 2.45) is 9.98 Å². The van der Waals surface area contributed by atoms with Gasteiger partial charge in [-0.1, -0.05) is 13.3 Å². The van der Waals surface area contributed by atoms with Gasteiger partial charge in [-0.2, -0.15) is 0 Å². The molecule has 0 heterocycles. The van der Waals surface area contributed by atoms with Crippen LogP contribution in [0.15, 0.2) is 22.3 Å². The third kappa shape index (κ3) is 6.97. The Kier molecular flexibility index (Phi) is 6.59. The summed E-state index contributed by atoms with van der Waals surface area (Å²) >= 11 is 0. The molecule has 0 fully saturated rings. The minimum Gasteiger partial charge on any atom is -0.297 e. The number of rotatable bonds is 5. The molecule has 0 radical (unpaired) electrons. The minimum atomic E-state index is 0.656. The summed E-state index contributed by atoms with van der Waals surface area (Å²) in [5.41, 5.74) is 1.17. The van der Waals surface area contributed by atoms with Crippen LogP contribution in [0.1, 0.15) is 26.7 Å². The van der Waals surface area contributed by atoms with E-state index >= 15 is 0 Å². The molecule has 2 heteroatoms. The Balaban J connectivity index is 3.61. The summed E-state index contributed by atoms with van der Waals surface area (Å²) in [4.78, 5) is 7.87. The second-order valence-corrected chi connectivity index (χ2v) is 2.41. The van der Waals surface area contributed by atoms with Crippen LogP contribution in [0.4, 0.5) is 0 Å². The fourth-order valence-electron chi connectivity index (χ4n) is 0.728. The van der Waals surface area contributed by atoms with Gasteiger partial charge in [-0.25, -0.2) is 0 Å². The lowest BCUT2D eigenvalue weighted by atomic mass is 10.2. The molecule has 0 N–H and O–H groups in total. The average molecular weight is 152 g/mol. The van der Waals surface area contributed by atoms with Gasteiger partial charge in [0.25, 0.3) is 0 Å². The van der Waals surface area contributed by atoms with Crippen LogP contribution < -0.4 is 0 Å². The second-order valence-electron chi connectivity index (χ2n) is 2.41. The van der Waals surface area contributed by atoms with Crippen LogP contribution in [0.5, 0.6) is 0 Å². The van der Waals surface area contributed by atoms with E-state index in [-0.39, 0.29) is 0 Å². The Bertz CT molecular complexity index is 157. The van der Waals surface area contributed by atoms with Gasteiger partial charge in [0, 0.05) is 11.9 Å². The first-order chi connectivity index (χ1) is 5.31. The number of nitrogens with zero attached hydrogens (tertiary/aromatic N) is 2. The summed E-state index contributed by atoms with van der Waals surface area (Å²) in [5, 5.41) is 0. The summed E-state index contributed by atoms with van der Waals surface area (Å²) in [5.74, 6) is 0. The van der Waals surface area contributed by atoms with E-state index in [1.54, 1.807) is 6.20 Å². The molecule has 11 heavy (non-hydrogen) atoms. The monoisotopic (exact) mass is 152 g/mol. The van der Waals surface area contributed by atoms with Crippen LogP contribution in [0.3, 0.4) is 0 Å². The SMILES string of the molecule is C=NC/C=C\N=C(C)CCC. The van der Waals surface area contributed by atoms with Crippen LogP contribution in [0, 0.1) is 0 Å². The quantitative estimate of drug-likeness (QED) is 0.541. The lowest BCUT2D eigenvalue weighted by Crippen LogP contribution is -1.87. The van der Waals surface area contributed by atoms with Crippen molar-refractivity contribution in [1.82, 2.24) is 0 Å². The summed E-state index contributed by atoms with van der Waals surface area (Å²) in [6.45, 7) is 8.20. The molecule has 2 nitrogen and oxygen atoms in total. The van der Waals surface area contributed by atoms with E-state index in [1.807, 2.05) is 13.0 Å². The van der Waals surface area contributed by atoms with Crippen LogP contribution in [0.2, 0.25) is 0 Å². The van der Waals surface area contributed by atoms with E-state index < -0.39 is 0 Å². The number of hydrogen-bond acceptors (Lipinski definition) is 2. The zero-order valence-corrected chi connectivity index (χ0v) is 7.38. The summed E-state index contributed by atoms with van der Waals surface area (Å²) in [6.07, 6.45) is 5.92. The smallest absolute Gasteiger partial charge is 0.0580 e. The van der Waals surface area contributed by atoms with E-state index in [0.29, 0.717) is 6.54 Å². The molecular weight excluding hydrogens is 136 g/mol. The zero-order valence-electron chi connectivity index (χ0n) is 7.38.